The Kier molecular flexibility index (Phi) is 5.03. The number of nitrogens with zero attached hydrogens (tertiary/aromatic N) is 1. The summed E-state index contributed by atoms with van der Waals surface area (Å²) in [5.74, 6) is 0. The molecular weight excluding hydrogens is 244 g/mol. The molecule has 1 aromatic heterocycles. The number of sulfonamides is 1. The molecule has 4 nitrogen and oxygen atoms in total. The predicted octanol–water partition coefficient (Wildman–Crippen LogP) is 0.879. The van der Waals surface area contributed by atoms with Gasteiger partial charge < -0.3 is 5.73 Å². The first-order valence-corrected chi connectivity index (χ1v) is 5.95. The van der Waals surface area contributed by atoms with Gasteiger partial charge in [0.25, 0.3) is 10.0 Å². The second-order valence-corrected chi connectivity index (χ2v) is 6.26. The molecule has 82 valence electrons. The lowest BCUT2D eigenvalue weighted by Crippen LogP contribution is -2.21. The molecule has 0 aliphatic rings. The highest BCUT2D eigenvalue weighted by Crippen LogP contribution is 2.22. The molecule has 1 heterocycles. The summed E-state index contributed by atoms with van der Waals surface area (Å²) in [6, 6.07) is 3.32. The molecule has 0 aromatic carbocycles. The van der Waals surface area contributed by atoms with Gasteiger partial charge in [-0.1, -0.05) is 0 Å². The van der Waals surface area contributed by atoms with Crippen LogP contribution in [0.25, 0.3) is 0 Å². The Morgan fingerprint density at radius 2 is 2.00 bits per heavy atom. The summed E-state index contributed by atoms with van der Waals surface area (Å²) >= 11 is 1.21. The third kappa shape index (κ3) is 2.68. The topological polar surface area (TPSA) is 63.4 Å². The lowest BCUT2D eigenvalue weighted by atomic mass is 10.5. The minimum atomic E-state index is -3.27. The number of rotatable bonds is 3. The zero-order chi connectivity index (χ0) is 10.1. The van der Waals surface area contributed by atoms with Crippen LogP contribution in [0.4, 0.5) is 0 Å². The molecule has 0 radical (unpaired) electrons. The maximum atomic E-state index is 11.6. The van der Waals surface area contributed by atoms with E-state index in [9.17, 15) is 8.42 Å². The fraction of sp³-hybridized carbons (Fsp3) is 0.429. The number of hydrogen-bond donors (Lipinski definition) is 1. The van der Waals surface area contributed by atoms with Crippen LogP contribution >= 0.6 is 23.7 Å². The van der Waals surface area contributed by atoms with Gasteiger partial charge >= 0.3 is 0 Å². The van der Waals surface area contributed by atoms with E-state index in [-0.39, 0.29) is 12.4 Å². The highest BCUT2D eigenvalue weighted by atomic mass is 35.5. The summed E-state index contributed by atoms with van der Waals surface area (Å²) < 4.78 is 24.7. The smallest absolute Gasteiger partial charge is 0.252 e. The van der Waals surface area contributed by atoms with E-state index in [0.717, 1.165) is 4.88 Å². The summed E-state index contributed by atoms with van der Waals surface area (Å²) in [5, 5.41) is 0. The molecule has 2 N–H and O–H groups in total. The Morgan fingerprint density at radius 1 is 1.43 bits per heavy atom. The van der Waals surface area contributed by atoms with Gasteiger partial charge in [-0.15, -0.1) is 23.7 Å². The minimum Gasteiger partial charge on any atom is -0.326 e. The van der Waals surface area contributed by atoms with E-state index in [0.29, 0.717) is 10.8 Å². The van der Waals surface area contributed by atoms with Crippen LogP contribution in [0.3, 0.4) is 0 Å². The predicted molar refractivity (Wildman–Crippen MR) is 60.3 cm³/mol. The van der Waals surface area contributed by atoms with Crippen LogP contribution in [-0.4, -0.2) is 26.8 Å². The summed E-state index contributed by atoms with van der Waals surface area (Å²) in [5.41, 5.74) is 5.38. The molecular formula is C7H13ClN2O2S2. The summed E-state index contributed by atoms with van der Waals surface area (Å²) in [6.07, 6.45) is 0. The molecule has 0 aliphatic heterocycles. The van der Waals surface area contributed by atoms with Crippen LogP contribution in [0.5, 0.6) is 0 Å². The molecule has 14 heavy (non-hydrogen) atoms. The molecule has 0 bridgehead atoms. The van der Waals surface area contributed by atoms with Gasteiger partial charge in [-0.2, -0.15) is 0 Å². The average molecular weight is 257 g/mol. The van der Waals surface area contributed by atoms with Crippen molar-refractivity contribution in [2.75, 3.05) is 14.1 Å². The molecule has 1 rings (SSSR count). The van der Waals surface area contributed by atoms with Crippen LogP contribution in [0.15, 0.2) is 16.3 Å². The first kappa shape index (κ1) is 13.9. The lowest BCUT2D eigenvalue weighted by molar-refractivity contribution is 0.523. The molecule has 0 aliphatic carbocycles. The van der Waals surface area contributed by atoms with Crippen LogP contribution < -0.4 is 5.73 Å². The first-order valence-electron chi connectivity index (χ1n) is 3.70. The standard InChI is InChI=1S/C7H12N2O2S2.ClH/c1-9(2)13(10,11)7-4-3-6(5-8)12-7;/h3-4H,5,8H2,1-2H3;1H. The number of thiophene rings is 1. The molecule has 0 fully saturated rings. The van der Waals surface area contributed by atoms with Gasteiger partial charge in [-0.05, 0) is 12.1 Å². The summed E-state index contributed by atoms with van der Waals surface area (Å²) in [7, 11) is -0.248. The van der Waals surface area contributed by atoms with Gasteiger partial charge in [0, 0.05) is 25.5 Å². The van der Waals surface area contributed by atoms with Gasteiger partial charge in [-0.3, -0.25) is 0 Å². The number of hydrogen-bond acceptors (Lipinski definition) is 4. The van der Waals surface area contributed by atoms with Gasteiger partial charge in [-0.25, -0.2) is 12.7 Å². The van der Waals surface area contributed by atoms with E-state index in [1.54, 1.807) is 12.1 Å². The largest absolute Gasteiger partial charge is 0.326 e. The van der Waals surface area contributed by atoms with Crippen molar-refractivity contribution >= 4 is 33.8 Å². The zero-order valence-corrected chi connectivity index (χ0v) is 10.4. The van der Waals surface area contributed by atoms with Crippen LogP contribution in [0.1, 0.15) is 4.88 Å². The fourth-order valence-electron chi connectivity index (χ4n) is 0.787. The molecule has 0 amide bonds. The van der Waals surface area contributed by atoms with Crippen LogP contribution in [0.2, 0.25) is 0 Å². The number of halogens is 1. The van der Waals surface area contributed by atoms with Crippen molar-refractivity contribution < 1.29 is 8.42 Å². The minimum absolute atomic E-state index is 0. The summed E-state index contributed by atoms with van der Waals surface area (Å²) in [4.78, 5) is 0.875. The zero-order valence-electron chi connectivity index (χ0n) is 7.93. The summed E-state index contributed by atoms with van der Waals surface area (Å²) in [6.45, 7) is 0.383. The molecule has 7 heteroatoms. The van der Waals surface area contributed by atoms with E-state index < -0.39 is 10.0 Å². The van der Waals surface area contributed by atoms with Crippen molar-refractivity contribution in [1.82, 2.24) is 4.31 Å². The third-order valence-electron chi connectivity index (χ3n) is 1.57. The van der Waals surface area contributed by atoms with Crippen molar-refractivity contribution in [2.45, 2.75) is 10.8 Å². The van der Waals surface area contributed by atoms with Gasteiger partial charge in [0.2, 0.25) is 0 Å². The van der Waals surface area contributed by atoms with Crippen molar-refractivity contribution in [3.63, 3.8) is 0 Å². The van der Waals surface area contributed by atoms with Gasteiger partial charge in [0.1, 0.15) is 4.21 Å². The van der Waals surface area contributed by atoms with Crippen LogP contribution in [-0.2, 0) is 16.6 Å². The van der Waals surface area contributed by atoms with E-state index in [1.807, 2.05) is 0 Å². The second kappa shape index (κ2) is 5.09. The van der Waals surface area contributed by atoms with Gasteiger partial charge in [0.15, 0.2) is 0 Å². The Hall–Kier alpha value is -0.140. The highest BCUT2D eigenvalue weighted by molar-refractivity contribution is 7.91. The maximum absolute atomic E-state index is 11.6. The fourth-order valence-corrected chi connectivity index (χ4v) is 3.19. The highest BCUT2D eigenvalue weighted by Gasteiger charge is 2.18. The Balaban J connectivity index is 0.00000169. The van der Waals surface area contributed by atoms with Crippen LogP contribution in [0, 0.1) is 0 Å². The van der Waals surface area contributed by atoms with Crippen molar-refractivity contribution in [3.8, 4) is 0 Å². The molecule has 0 saturated heterocycles. The Bertz CT molecular complexity index is 386. The SMILES string of the molecule is CN(C)S(=O)(=O)c1ccc(CN)s1.Cl. The Labute approximate surface area is 94.2 Å². The van der Waals surface area contributed by atoms with Crippen molar-refractivity contribution in [1.29, 1.82) is 0 Å². The number of nitrogens with two attached hydrogens (primary N) is 1. The molecule has 0 unspecified atom stereocenters. The molecule has 0 saturated carbocycles. The molecule has 0 atom stereocenters. The Morgan fingerprint density at radius 3 is 2.36 bits per heavy atom. The monoisotopic (exact) mass is 256 g/mol. The third-order valence-corrected chi connectivity index (χ3v) is 4.96. The normalized spacial score (nSPS) is 11.4. The van der Waals surface area contributed by atoms with Crippen molar-refractivity contribution in [3.05, 3.63) is 17.0 Å². The first-order chi connectivity index (χ1) is 5.98. The van der Waals surface area contributed by atoms with E-state index >= 15 is 0 Å². The van der Waals surface area contributed by atoms with Gasteiger partial charge in [0.05, 0.1) is 0 Å². The molecule has 0 spiro atoms. The van der Waals surface area contributed by atoms with Crippen molar-refractivity contribution in [2.24, 2.45) is 5.73 Å². The lowest BCUT2D eigenvalue weighted by Gasteiger charge is -2.08. The van der Waals surface area contributed by atoms with E-state index in [1.165, 1.54) is 29.7 Å². The van der Waals surface area contributed by atoms with E-state index in [2.05, 4.69) is 0 Å². The molecule has 1 aromatic rings. The quantitative estimate of drug-likeness (QED) is 0.873. The van der Waals surface area contributed by atoms with E-state index in [4.69, 9.17) is 5.73 Å². The average Bonchev–Trinajstić information content (AvgIpc) is 2.51. The second-order valence-electron chi connectivity index (χ2n) is 2.71. The maximum Gasteiger partial charge on any atom is 0.252 e.